The molecule has 2 amide bonds. The summed E-state index contributed by atoms with van der Waals surface area (Å²) >= 11 is 0. The van der Waals surface area contributed by atoms with E-state index in [1.165, 1.54) is 0 Å². The lowest BCUT2D eigenvalue weighted by atomic mass is 10.1. The first-order valence-electron chi connectivity index (χ1n) is 7.59. The number of benzene rings is 1. The van der Waals surface area contributed by atoms with Gasteiger partial charge in [0.15, 0.2) is 0 Å². The molecule has 1 heterocycles. The van der Waals surface area contributed by atoms with E-state index in [-0.39, 0.29) is 17.9 Å². The zero-order valence-corrected chi connectivity index (χ0v) is 12.9. The number of likely N-dealkylation sites (tertiary alicyclic amines) is 1. The molecule has 1 atom stereocenters. The summed E-state index contributed by atoms with van der Waals surface area (Å²) in [5.41, 5.74) is 0.962. The highest BCUT2D eigenvalue weighted by molar-refractivity contribution is 5.89. The Labute approximate surface area is 131 Å². The summed E-state index contributed by atoms with van der Waals surface area (Å²) in [7, 11) is 1.69. The lowest BCUT2D eigenvalue weighted by Gasteiger charge is -2.27. The molecule has 2 rings (SSSR count). The summed E-state index contributed by atoms with van der Waals surface area (Å²) in [6, 6.07) is 11.2. The van der Waals surface area contributed by atoms with Crippen molar-refractivity contribution in [2.24, 2.45) is 0 Å². The fourth-order valence-electron chi connectivity index (χ4n) is 2.78. The van der Waals surface area contributed by atoms with Crippen LogP contribution in [-0.2, 0) is 16.0 Å². The molecule has 0 spiro atoms. The highest BCUT2D eigenvalue weighted by atomic mass is 16.2. The number of rotatable bonds is 5. The van der Waals surface area contributed by atoms with E-state index in [0.29, 0.717) is 32.4 Å². The average molecular weight is 299 g/mol. The SMILES string of the molecule is CN(CCC#N)C(=O)C1CCCN1C(=O)Cc1ccccc1. The summed E-state index contributed by atoms with van der Waals surface area (Å²) in [4.78, 5) is 28.2. The first-order chi connectivity index (χ1) is 10.6. The number of likely N-dealkylation sites (N-methyl/N-ethyl adjacent to an activating group) is 1. The molecule has 1 aliphatic heterocycles. The van der Waals surface area contributed by atoms with Crippen LogP contribution in [0.2, 0.25) is 0 Å². The summed E-state index contributed by atoms with van der Waals surface area (Å²) < 4.78 is 0. The number of hydrogen-bond acceptors (Lipinski definition) is 3. The molecule has 5 nitrogen and oxygen atoms in total. The van der Waals surface area contributed by atoms with Crippen molar-refractivity contribution >= 4 is 11.8 Å². The van der Waals surface area contributed by atoms with Gasteiger partial charge in [-0.15, -0.1) is 0 Å². The van der Waals surface area contributed by atoms with Crippen LogP contribution in [-0.4, -0.2) is 47.8 Å². The molecule has 1 fully saturated rings. The summed E-state index contributed by atoms with van der Waals surface area (Å²) in [5, 5.41) is 8.61. The van der Waals surface area contributed by atoms with E-state index >= 15 is 0 Å². The van der Waals surface area contributed by atoms with Gasteiger partial charge in [0, 0.05) is 20.1 Å². The van der Waals surface area contributed by atoms with Crippen LogP contribution in [0.4, 0.5) is 0 Å². The van der Waals surface area contributed by atoms with Gasteiger partial charge in [-0.05, 0) is 18.4 Å². The fraction of sp³-hybridized carbons (Fsp3) is 0.471. The number of nitriles is 1. The van der Waals surface area contributed by atoms with E-state index in [1.54, 1.807) is 16.8 Å². The third-order valence-electron chi connectivity index (χ3n) is 3.99. The van der Waals surface area contributed by atoms with E-state index in [0.717, 1.165) is 12.0 Å². The van der Waals surface area contributed by atoms with Crippen molar-refractivity contribution in [1.29, 1.82) is 5.26 Å². The van der Waals surface area contributed by atoms with Crippen molar-refractivity contribution in [3.8, 4) is 6.07 Å². The largest absolute Gasteiger partial charge is 0.343 e. The minimum absolute atomic E-state index is 0.00395. The highest BCUT2D eigenvalue weighted by Gasteiger charge is 2.35. The van der Waals surface area contributed by atoms with Crippen LogP contribution in [0.25, 0.3) is 0 Å². The number of carbonyl (C=O) groups is 2. The third-order valence-corrected chi connectivity index (χ3v) is 3.99. The van der Waals surface area contributed by atoms with Crippen LogP contribution >= 0.6 is 0 Å². The summed E-state index contributed by atoms with van der Waals surface area (Å²) in [6.07, 6.45) is 2.19. The van der Waals surface area contributed by atoms with Gasteiger partial charge >= 0.3 is 0 Å². The van der Waals surface area contributed by atoms with Gasteiger partial charge in [-0.1, -0.05) is 30.3 Å². The van der Waals surface area contributed by atoms with Gasteiger partial charge in [-0.2, -0.15) is 5.26 Å². The molecule has 1 aliphatic rings. The number of nitrogens with zero attached hydrogens (tertiary/aromatic N) is 3. The Morgan fingerprint density at radius 1 is 1.36 bits per heavy atom. The molecular weight excluding hydrogens is 278 g/mol. The Bertz CT molecular complexity index is 565. The van der Waals surface area contributed by atoms with Crippen molar-refractivity contribution in [2.45, 2.75) is 31.7 Å². The van der Waals surface area contributed by atoms with Crippen LogP contribution in [0.1, 0.15) is 24.8 Å². The zero-order chi connectivity index (χ0) is 15.9. The maximum absolute atomic E-state index is 12.5. The molecule has 1 aromatic carbocycles. The molecule has 0 aromatic heterocycles. The minimum Gasteiger partial charge on any atom is -0.343 e. The van der Waals surface area contributed by atoms with Crippen LogP contribution < -0.4 is 0 Å². The lowest BCUT2D eigenvalue weighted by molar-refractivity contribution is -0.142. The molecule has 0 bridgehead atoms. The molecule has 0 saturated carbocycles. The molecule has 0 N–H and O–H groups in total. The molecule has 22 heavy (non-hydrogen) atoms. The van der Waals surface area contributed by atoms with Crippen molar-refractivity contribution in [1.82, 2.24) is 9.80 Å². The maximum Gasteiger partial charge on any atom is 0.245 e. The Hall–Kier alpha value is -2.35. The second-order valence-electron chi connectivity index (χ2n) is 5.58. The molecule has 5 heteroatoms. The smallest absolute Gasteiger partial charge is 0.245 e. The van der Waals surface area contributed by atoms with E-state index in [9.17, 15) is 9.59 Å². The van der Waals surface area contributed by atoms with Gasteiger partial charge in [-0.25, -0.2) is 0 Å². The van der Waals surface area contributed by atoms with Gasteiger partial charge in [0.25, 0.3) is 0 Å². The highest BCUT2D eigenvalue weighted by Crippen LogP contribution is 2.20. The second kappa shape index (κ2) is 7.60. The molecule has 1 aromatic rings. The Morgan fingerprint density at radius 3 is 2.77 bits per heavy atom. The van der Waals surface area contributed by atoms with Crippen LogP contribution in [0.5, 0.6) is 0 Å². The van der Waals surface area contributed by atoms with E-state index in [4.69, 9.17) is 5.26 Å². The van der Waals surface area contributed by atoms with Crippen LogP contribution in [0.15, 0.2) is 30.3 Å². The number of amides is 2. The quantitative estimate of drug-likeness (QED) is 0.829. The zero-order valence-electron chi connectivity index (χ0n) is 12.9. The van der Waals surface area contributed by atoms with Gasteiger partial charge in [0.05, 0.1) is 18.9 Å². The van der Waals surface area contributed by atoms with Crippen molar-refractivity contribution in [3.63, 3.8) is 0 Å². The van der Waals surface area contributed by atoms with Gasteiger partial charge in [0.1, 0.15) is 6.04 Å². The minimum atomic E-state index is -0.375. The molecule has 0 radical (unpaired) electrons. The molecular formula is C17H21N3O2. The molecule has 1 saturated heterocycles. The molecule has 0 aliphatic carbocycles. The van der Waals surface area contributed by atoms with Crippen molar-refractivity contribution in [2.75, 3.05) is 20.1 Å². The predicted octanol–water partition coefficient (Wildman–Crippen LogP) is 1.59. The predicted molar refractivity (Wildman–Crippen MR) is 82.7 cm³/mol. The monoisotopic (exact) mass is 299 g/mol. The van der Waals surface area contributed by atoms with Gasteiger partial charge < -0.3 is 9.80 Å². The van der Waals surface area contributed by atoms with Crippen molar-refractivity contribution in [3.05, 3.63) is 35.9 Å². The topological polar surface area (TPSA) is 64.4 Å². The number of hydrogen-bond donors (Lipinski definition) is 0. The average Bonchev–Trinajstić information content (AvgIpc) is 3.02. The summed E-state index contributed by atoms with van der Waals surface area (Å²) in [6.45, 7) is 1.04. The van der Waals surface area contributed by atoms with E-state index < -0.39 is 0 Å². The van der Waals surface area contributed by atoms with Gasteiger partial charge in [0.2, 0.25) is 11.8 Å². The Kier molecular flexibility index (Phi) is 5.54. The van der Waals surface area contributed by atoms with Gasteiger partial charge in [-0.3, -0.25) is 9.59 Å². The first-order valence-corrected chi connectivity index (χ1v) is 7.59. The normalized spacial score (nSPS) is 17.1. The van der Waals surface area contributed by atoms with E-state index in [2.05, 4.69) is 0 Å². The lowest BCUT2D eigenvalue weighted by Crippen LogP contribution is -2.47. The summed E-state index contributed by atoms with van der Waals surface area (Å²) in [5.74, 6) is -0.0649. The molecule has 116 valence electrons. The maximum atomic E-state index is 12.5. The first kappa shape index (κ1) is 16.0. The number of carbonyl (C=O) groups excluding carboxylic acids is 2. The van der Waals surface area contributed by atoms with Crippen molar-refractivity contribution < 1.29 is 9.59 Å². The Morgan fingerprint density at radius 2 is 2.09 bits per heavy atom. The van der Waals surface area contributed by atoms with Crippen LogP contribution in [0.3, 0.4) is 0 Å². The fourth-order valence-corrected chi connectivity index (χ4v) is 2.78. The Balaban J connectivity index is 1.99. The van der Waals surface area contributed by atoms with E-state index in [1.807, 2.05) is 36.4 Å². The van der Waals surface area contributed by atoms with Crippen LogP contribution in [0, 0.1) is 11.3 Å². The second-order valence-corrected chi connectivity index (χ2v) is 5.58. The standard InChI is InChI=1S/C17H21N3O2/c1-19(11-6-10-18)17(22)15-9-5-12-20(15)16(21)13-14-7-3-2-4-8-14/h2-4,7-8,15H,5-6,9,11-13H2,1H3. The third kappa shape index (κ3) is 3.85. The molecule has 1 unspecified atom stereocenters.